The van der Waals surface area contributed by atoms with Crippen molar-refractivity contribution < 1.29 is 0 Å². The monoisotopic (exact) mass is 380 g/mol. The van der Waals surface area contributed by atoms with Gasteiger partial charge in [0.1, 0.15) is 0 Å². The first kappa shape index (κ1) is 14.8. The number of hydrogen-bond acceptors (Lipinski definition) is 0. The van der Waals surface area contributed by atoms with Gasteiger partial charge in [0.2, 0.25) is 0 Å². The highest BCUT2D eigenvalue weighted by atomic mass is 79.9. The Kier molecular flexibility index (Phi) is 4.52. The molecule has 100 valence electrons. The molecular weight excluding hydrogens is 364 g/mol. The lowest BCUT2D eigenvalue weighted by molar-refractivity contribution is 1.12. The molecule has 0 aromatic heterocycles. The quantitative estimate of drug-likeness (QED) is 0.595. The standard InChI is InChI=1S/C17H18Br2/c1-10-5-6-14(17(19)13(10)4)9-15-7-11(2)12(3)8-16(15)18/h5-8H,9H2,1-4H3. The number of halogens is 2. The average Bonchev–Trinajstić information content (AvgIpc) is 2.36. The summed E-state index contributed by atoms with van der Waals surface area (Å²) in [7, 11) is 0. The highest BCUT2D eigenvalue weighted by Gasteiger charge is 2.09. The molecule has 0 atom stereocenters. The molecule has 0 aliphatic heterocycles. The van der Waals surface area contributed by atoms with Crippen LogP contribution in [0.3, 0.4) is 0 Å². The maximum atomic E-state index is 3.73. The number of hydrogen-bond donors (Lipinski definition) is 0. The van der Waals surface area contributed by atoms with Crippen molar-refractivity contribution in [1.29, 1.82) is 0 Å². The van der Waals surface area contributed by atoms with Gasteiger partial charge in [-0.1, -0.05) is 50.1 Å². The molecule has 0 saturated heterocycles. The van der Waals surface area contributed by atoms with Crippen LogP contribution in [0.2, 0.25) is 0 Å². The number of aryl methyl sites for hydroxylation is 3. The van der Waals surface area contributed by atoms with E-state index in [-0.39, 0.29) is 0 Å². The van der Waals surface area contributed by atoms with Crippen molar-refractivity contribution in [2.75, 3.05) is 0 Å². The largest absolute Gasteiger partial charge is 0.0587 e. The van der Waals surface area contributed by atoms with Crippen LogP contribution in [0, 0.1) is 27.7 Å². The van der Waals surface area contributed by atoms with Crippen LogP contribution in [0.1, 0.15) is 33.4 Å². The van der Waals surface area contributed by atoms with Crippen LogP contribution in [0.15, 0.2) is 33.2 Å². The summed E-state index contributed by atoms with van der Waals surface area (Å²) < 4.78 is 2.43. The Labute approximate surface area is 132 Å². The molecule has 0 radical (unpaired) electrons. The lowest BCUT2D eigenvalue weighted by Gasteiger charge is -2.12. The minimum atomic E-state index is 0.948. The van der Waals surface area contributed by atoms with Crippen molar-refractivity contribution in [1.82, 2.24) is 0 Å². The summed E-state index contributed by atoms with van der Waals surface area (Å²) in [6.07, 6.45) is 0.948. The van der Waals surface area contributed by atoms with Gasteiger partial charge in [-0.3, -0.25) is 0 Å². The zero-order valence-electron chi connectivity index (χ0n) is 11.8. The SMILES string of the molecule is Cc1cc(Br)c(Cc2ccc(C)c(C)c2Br)cc1C. The molecule has 0 heterocycles. The first-order valence-electron chi connectivity index (χ1n) is 6.40. The van der Waals surface area contributed by atoms with Crippen molar-refractivity contribution in [3.8, 4) is 0 Å². The van der Waals surface area contributed by atoms with Gasteiger partial charge in [-0.2, -0.15) is 0 Å². The maximum Gasteiger partial charge on any atom is 0.0242 e. The number of rotatable bonds is 2. The van der Waals surface area contributed by atoms with E-state index >= 15 is 0 Å². The highest BCUT2D eigenvalue weighted by Crippen LogP contribution is 2.29. The first-order chi connectivity index (χ1) is 8.90. The molecule has 2 aromatic rings. The minimum absolute atomic E-state index is 0.948. The van der Waals surface area contributed by atoms with Gasteiger partial charge in [0.05, 0.1) is 0 Å². The van der Waals surface area contributed by atoms with Crippen LogP contribution in [0.5, 0.6) is 0 Å². The topological polar surface area (TPSA) is 0 Å². The molecule has 0 aliphatic rings. The van der Waals surface area contributed by atoms with Crippen LogP contribution in [-0.2, 0) is 6.42 Å². The van der Waals surface area contributed by atoms with E-state index in [4.69, 9.17) is 0 Å². The Morgan fingerprint density at radius 3 is 2.11 bits per heavy atom. The van der Waals surface area contributed by atoms with E-state index in [2.05, 4.69) is 83.8 Å². The van der Waals surface area contributed by atoms with Crippen LogP contribution in [-0.4, -0.2) is 0 Å². The van der Waals surface area contributed by atoms with E-state index in [0.29, 0.717) is 0 Å². The Balaban J connectivity index is 2.42. The molecule has 2 heteroatoms. The third kappa shape index (κ3) is 3.11. The lowest BCUT2D eigenvalue weighted by atomic mass is 9.98. The molecule has 0 nitrogen and oxygen atoms in total. The zero-order chi connectivity index (χ0) is 14.2. The molecule has 0 saturated carbocycles. The lowest BCUT2D eigenvalue weighted by Crippen LogP contribution is -1.96. The fraction of sp³-hybridized carbons (Fsp3) is 0.294. The third-order valence-corrected chi connectivity index (χ3v) is 5.62. The van der Waals surface area contributed by atoms with Crippen molar-refractivity contribution in [3.63, 3.8) is 0 Å². The Morgan fingerprint density at radius 1 is 0.789 bits per heavy atom. The zero-order valence-corrected chi connectivity index (χ0v) is 14.9. The fourth-order valence-corrected chi connectivity index (χ4v) is 3.34. The van der Waals surface area contributed by atoms with E-state index in [9.17, 15) is 0 Å². The molecule has 0 amide bonds. The molecule has 0 N–H and O–H groups in total. The molecule has 0 aliphatic carbocycles. The molecule has 19 heavy (non-hydrogen) atoms. The molecule has 0 unspecified atom stereocenters. The Bertz CT molecular complexity index is 628. The summed E-state index contributed by atoms with van der Waals surface area (Å²) in [6, 6.07) is 8.90. The normalized spacial score (nSPS) is 10.8. The summed E-state index contributed by atoms with van der Waals surface area (Å²) in [5.41, 5.74) is 8.01. The number of benzene rings is 2. The van der Waals surface area contributed by atoms with E-state index < -0.39 is 0 Å². The smallest absolute Gasteiger partial charge is 0.0242 e. The van der Waals surface area contributed by atoms with Gasteiger partial charge in [-0.15, -0.1) is 0 Å². The average molecular weight is 382 g/mol. The minimum Gasteiger partial charge on any atom is -0.0587 e. The maximum absolute atomic E-state index is 3.73. The fourth-order valence-electron chi connectivity index (χ4n) is 2.16. The second-order valence-electron chi connectivity index (χ2n) is 5.19. The van der Waals surface area contributed by atoms with Crippen LogP contribution in [0.4, 0.5) is 0 Å². The summed E-state index contributed by atoms with van der Waals surface area (Å²) in [5, 5.41) is 0. The van der Waals surface area contributed by atoms with Gasteiger partial charge < -0.3 is 0 Å². The molecule has 2 aromatic carbocycles. The second kappa shape index (κ2) is 5.80. The van der Waals surface area contributed by atoms with Gasteiger partial charge in [0, 0.05) is 8.95 Å². The van der Waals surface area contributed by atoms with E-state index in [1.165, 1.54) is 42.3 Å². The van der Waals surface area contributed by atoms with Gasteiger partial charge in [-0.25, -0.2) is 0 Å². The van der Waals surface area contributed by atoms with Gasteiger partial charge in [-0.05, 0) is 73.6 Å². The summed E-state index contributed by atoms with van der Waals surface area (Å²) in [4.78, 5) is 0. The Morgan fingerprint density at radius 2 is 1.42 bits per heavy atom. The van der Waals surface area contributed by atoms with E-state index in [0.717, 1.165) is 6.42 Å². The van der Waals surface area contributed by atoms with Crippen molar-refractivity contribution in [2.24, 2.45) is 0 Å². The summed E-state index contributed by atoms with van der Waals surface area (Å²) in [5.74, 6) is 0. The molecular formula is C17H18Br2. The summed E-state index contributed by atoms with van der Waals surface area (Å²) >= 11 is 7.41. The molecule has 0 fully saturated rings. The van der Waals surface area contributed by atoms with Crippen molar-refractivity contribution in [3.05, 3.63) is 66.6 Å². The molecule has 0 spiro atoms. The van der Waals surface area contributed by atoms with Crippen LogP contribution >= 0.6 is 31.9 Å². The van der Waals surface area contributed by atoms with Crippen molar-refractivity contribution >= 4 is 31.9 Å². The van der Waals surface area contributed by atoms with Gasteiger partial charge in [0.15, 0.2) is 0 Å². The van der Waals surface area contributed by atoms with Crippen molar-refractivity contribution in [2.45, 2.75) is 34.1 Å². The predicted molar refractivity (Wildman–Crippen MR) is 90.0 cm³/mol. The van der Waals surface area contributed by atoms with Gasteiger partial charge >= 0.3 is 0 Å². The summed E-state index contributed by atoms with van der Waals surface area (Å²) in [6.45, 7) is 8.63. The third-order valence-electron chi connectivity index (χ3n) is 3.78. The highest BCUT2D eigenvalue weighted by molar-refractivity contribution is 9.10. The second-order valence-corrected chi connectivity index (χ2v) is 6.83. The van der Waals surface area contributed by atoms with Crippen LogP contribution in [0.25, 0.3) is 0 Å². The molecule has 2 rings (SSSR count). The van der Waals surface area contributed by atoms with Crippen LogP contribution < -0.4 is 0 Å². The first-order valence-corrected chi connectivity index (χ1v) is 7.99. The van der Waals surface area contributed by atoms with E-state index in [1.54, 1.807) is 0 Å². The van der Waals surface area contributed by atoms with E-state index in [1.807, 2.05) is 0 Å². The van der Waals surface area contributed by atoms with Gasteiger partial charge in [0.25, 0.3) is 0 Å². The Hall–Kier alpha value is -0.600. The molecule has 0 bridgehead atoms. The predicted octanol–water partition coefficient (Wildman–Crippen LogP) is 6.04.